The lowest BCUT2D eigenvalue weighted by Crippen LogP contribution is -2.04. The summed E-state index contributed by atoms with van der Waals surface area (Å²) in [6.45, 7) is 1.88. The molecule has 0 spiro atoms. The molecule has 0 saturated carbocycles. The lowest BCUT2D eigenvalue weighted by molar-refractivity contribution is -0.115. The van der Waals surface area contributed by atoms with Crippen molar-refractivity contribution < 1.29 is 9.90 Å². The molecule has 0 aliphatic rings. The summed E-state index contributed by atoms with van der Waals surface area (Å²) in [6.07, 6.45) is -0.0191. The topological polar surface area (TPSA) is 37.3 Å². The van der Waals surface area contributed by atoms with Gasteiger partial charge in [0.25, 0.3) is 0 Å². The molecule has 1 aromatic rings. The molecule has 0 saturated heterocycles. The second-order valence-electron chi connectivity index (χ2n) is 3.21. The third kappa shape index (κ3) is 3.97. The van der Waals surface area contributed by atoms with Gasteiger partial charge < -0.3 is 5.11 Å². The van der Waals surface area contributed by atoms with E-state index in [1.807, 2.05) is 25.1 Å². The van der Waals surface area contributed by atoms with Gasteiger partial charge >= 0.3 is 0 Å². The van der Waals surface area contributed by atoms with Gasteiger partial charge in [0.1, 0.15) is 0 Å². The van der Waals surface area contributed by atoms with Crippen molar-refractivity contribution in [2.24, 2.45) is 0 Å². The molecule has 1 atom stereocenters. The quantitative estimate of drug-likeness (QED) is 0.602. The number of carbonyl (C=O) groups excluding carboxylic acids is 1. The molecule has 0 aliphatic carbocycles. The van der Waals surface area contributed by atoms with Crippen LogP contribution in [-0.4, -0.2) is 10.9 Å². The molecule has 1 unspecified atom stereocenters. The maximum atomic E-state index is 11.3. The first-order valence-electron chi connectivity index (χ1n) is 4.98. The Morgan fingerprint density at radius 1 is 1.40 bits per heavy atom. The van der Waals surface area contributed by atoms with Crippen molar-refractivity contribution in [3.05, 3.63) is 35.9 Å². The molecule has 0 aromatic heterocycles. The largest absolute Gasteiger partial charge is 0.388 e. The van der Waals surface area contributed by atoms with E-state index < -0.39 is 6.10 Å². The van der Waals surface area contributed by atoms with Gasteiger partial charge in [0.2, 0.25) is 5.78 Å². The fraction of sp³-hybridized carbons (Fsp3) is 0.308. The average molecular weight is 202 g/mol. The van der Waals surface area contributed by atoms with Crippen LogP contribution in [0.1, 0.15) is 31.4 Å². The highest BCUT2D eigenvalue weighted by Crippen LogP contribution is 2.15. The number of hydrogen-bond acceptors (Lipinski definition) is 2. The lowest BCUT2D eigenvalue weighted by atomic mass is 10.0. The van der Waals surface area contributed by atoms with Crippen LogP contribution in [0.4, 0.5) is 0 Å². The van der Waals surface area contributed by atoms with Crippen molar-refractivity contribution in [2.45, 2.75) is 25.9 Å². The summed E-state index contributed by atoms with van der Waals surface area (Å²) in [6, 6.07) is 9.13. The summed E-state index contributed by atoms with van der Waals surface area (Å²) < 4.78 is 0. The minimum atomic E-state index is -0.746. The van der Waals surface area contributed by atoms with Gasteiger partial charge in [0.05, 0.1) is 6.10 Å². The molecule has 0 amide bonds. The molecule has 2 heteroatoms. The zero-order valence-corrected chi connectivity index (χ0v) is 8.73. The Bertz CT molecular complexity index is 371. The van der Waals surface area contributed by atoms with Gasteiger partial charge in [-0.2, -0.15) is 0 Å². The van der Waals surface area contributed by atoms with Gasteiger partial charge in [-0.25, -0.2) is 0 Å². The molecule has 1 aromatic carbocycles. The summed E-state index contributed by atoms with van der Waals surface area (Å²) in [5.41, 5.74) is 0.754. The Morgan fingerprint density at radius 2 is 2.07 bits per heavy atom. The summed E-state index contributed by atoms with van der Waals surface area (Å²) in [5.74, 6) is 4.96. The number of Topliss-reactive ketones (excluding diaryl/α,β-unsaturated/α-hetero) is 1. The Labute approximate surface area is 89.9 Å². The lowest BCUT2D eigenvalue weighted by Gasteiger charge is -2.07. The number of rotatable bonds is 3. The highest BCUT2D eigenvalue weighted by atomic mass is 16.3. The number of ketones is 1. The smallest absolute Gasteiger partial charge is 0.208 e. The van der Waals surface area contributed by atoms with Crippen molar-refractivity contribution in [2.75, 3.05) is 0 Å². The second-order valence-corrected chi connectivity index (χ2v) is 3.21. The Hall–Kier alpha value is -1.59. The number of benzene rings is 1. The Morgan fingerprint density at radius 3 is 2.67 bits per heavy atom. The van der Waals surface area contributed by atoms with Gasteiger partial charge in [-0.15, -0.1) is 0 Å². The van der Waals surface area contributed by atoms with Gasteiger partial charge in [0, 0.05) is 12.8 Å². The van der Waals surface area contributed by atoms with E-state index in [-0.39, 0.29) is 12.2 Å². The van der Waals surface area contributed by atoms with E-state index in [1.165, 1.54) is 0 Å². The fourth-order valence-corrected chi connectivity index (χ4v) is 1.21. The molecule has 0 aliphatic heterocycles. The highest BCUT2D eigenvalue weighted by molar-refractivity contribution is 5.95. The predicted molar refractivity (Wildman–Crippen MR) is 59.1 cm³/mol. The molecule has 1 rings (SSSR count). The molecule has 0 fully saturated rings. The molecule has 0 radical (unpaired) electrons. The van der Waals surface area contributed by atoms with E-state index in [1.54, 1.807) is 12.1 Å². The van der Waals surface area contributed by atoms with E-state index in [4.69, 9.17) is 0 Å². The van der Waals surface area contributed by atoms with Crippen LogP contribution in [0, 0.1) is 11.8 Å². The first-order valence-corrected chi connectivity index (χ1v) is 4.98. The van der Waals surface area contributed by atoms with E-state index >= 15 is 0 Å². The zero-order chi connectivity index (χ0) is 11.1. The van der Waals surface area contributed by atoms with Crippen LogP contribution < -0.4 is 0 Å². The molecular formula is C13H14O2. The van der Waals surface area contributed by atoms with Crippen LogP contribution in [-0.2, 0) is 4.79 Å². The average Bonchev–Trinajstić information content (AvgIpc) is 2.27. The number of aliphatic hydroxyl groups is 1. The van der Waals surface area contributed by atoms with Crippen LogP contribution in [0.15, 0.2) is 30.3 Å². The van der Waals surface area contributed by atoms with Crippen LogP contribution in [0.2, 0.25) is 0 Å². The predicted octanol–water partition coefficient (Wildman–Crippen LogP) is 2.09. The maximum absolute atomic E-state index is 11.3. The van der Waals surface area contributed by atoms with Gasteiger partial charge in [-0.05, 0) is 11.5 Å². The highest BCUT2D eigenvalue weighted by Gasteiger charge is 2.10. The fourth-order valence-electron chi connectivity index (χ4n) is 1.21. The first kappa shape index (κ1) is 11.5. The van der Waals surface area contributed by atoms with Crippen molar-refractivity contribution in [3.8, 4) is 11.8 Å². The standard InChI is InChI=1S/C13H14O2/c1-2-3-9-12(14)10-13(15)11-7-5-4-6-8-11/h4-8,13,15H,2,10H2,1H3. The van der Waals surface area contributed by atoms with Crippen LogP contribution in [0.25, 0.3) is 0 Å². The molecule has 1 N–H and O–H groups in total. The van der Waals surface area contributed by atoms with Crippen molar-refractivity contribution in [1.29, 1.82) is 0 Å². The van der Waals surface area contributed by atoms with Crippen LogP contribution in [0.5, 0.6) is 0 Å². The Balaban J connectivity index is 2.56. The molecule has 0 bridgehead atoms. The summed E-state index contributed by atoms with van der Waals surface area (Å²) in [5, 5.41) is 9.70. The minimum absolute atomic E-state index is 0.0665. The van der Waals surface area contributed by atoms with Crippen LogP contribution >= 0.6 is 0 Å². The monoisotopic (exact) mass is 202 g/mol. The summed E-state index contributed by atoms with van der Waals surface area (Å²) in [4.78, 5) is 11.3. The van der Waals surface area contributed by atoms with Gasteiger partial charge in [-0.3, -0.25) is 4.79 Å². The van der Waals surface area contributed by atoms with Crippen molar-refractivity contribution >= 4 is 5.78 Å². The van der Waals surface area contributed by atoms with E-state index in [0.29, 0.717) is 6.42 Å². The van der Waals surface area contributed by atoms with Crippen LogP contribution in [0.3, 0.4) is 0 Å². The Kier molecular flexibility index (Phi) is 4.59. The number of aliphatic hydroxyl groups excluding tert-OH is 1. The maximum Gasteiger partial charge on any atom is 0.208 e. The normalized spacial score (nSPS) is 11.3. The molecular weight excluding hydrogens is 188 g/mol. The van der Waals surface area contributed by atoms with Gasteiger partial charge in [-0.1, -0.05) is 43.2 Å². The van der Waals surface area contributed by atoms with Gasteiger partial charge in [0.15, 0.2) is 0 Å². The summed E-state index contributed by atoms with van der Waals surface area (Å²) >= 11 is 0. The van der Waals surface area contributed by atoms with E-state index in [2.05, 4.69) is 11.8 Å². The minimum Gasteiger partial charge on any atom is -0.388 e. The van der Waals surface area contributed by atoms with Crippen molar-refractivity contribution in [1.82, 2.24) is 0 Å². The molecule has 78 valence electrons. The van der Waals surface area contributed by atoms with Crippen molar-refractivity contribution in [3.63, 3.8) is 0 Å². The summed E-state index contributed by atoms with van der Waals surface area (Å²) in [7, 11) is 0. The number of carbonyl (C=O) groups is 1. The molecule has 2 nitrogen and oxygen atoms in total. The third-order valence-corrected chi connectivity index (χ3v) is 1.97. The third-order valence-electron chi connectivity index (χ3n) is 1.97. The molecule has 15 heavy (non-hydrogen) atoms. The van der Waals surface area contributed by atoms with E-state index in [9.17, 15) is 9.90 Å². The number of hydrogen-bond donors (Lipinski definition) is 1. The van der Waals surface area contributed by atoms with E-state index in [0.717, 1.165) is 5.56 Å². The second kappa shape index (κ2) is 6.00. The SMILES string of the molecule is CCC#CC(=O)CC(O)c1ccccc1. The zero-order valence-electron chi connectivity index (χ0n) is 8.73. The first-order chi connectivity index (χ1) is 7.24. The molecule has 0 heterocycles.